The molecule has 1 aromatic heterocycles. The van der Waals surface area contributed by atoms with Gasteiger partial charge in [0, 0.05) is 6.54 Å². The molecule has 0 aliphatic carbocycles. The Morgan fingerprint density at radius 1 is 1.67 bits per heavy atom. The maximum atomic E-state index is 10.7. The van der Waals surface area contributed by atoms with E-state index in [2.05, 4.69) is 4.98 Å². The number of rotatable bonds is 1. The van der Waals surface area contributed by atoms with Gasteiger partial charge in [-0.3, -0.25) is 0 Å². The van der Waals surface area contributed by atoms with Crippen molar-refractivity contribution in [1.29, 1.82) is 0 Å². The molecule has 1 amide bonds. The second-order valence-electron chi connectivity index (χ2n) is 3.33. The number of carboxylic acid groups (broad SMARTS) is 1. The molecule has 2 N–H and O–H groups in total. The highest BCUT2D eigenvalue weighted by Crippen LogP contribution is 2.25. The average Bonchev–Trinajstić information content (AvgIpc) is 2.71. The van der Waals surface area contributed by atoms with Crippen LogP contribution in [0.3, 0.4) is 0 Å². The van der Waals surface area contributed by atoms with E-state index >= 15 is 0 Å². The first-order valence-corrected chi connectivity index (χ1v) is 4.40. The minimum atomic E-state index is -1.46. The van der Waals surface area contributed by atoms with E-state index in [4.69, 9.17) is 9.52 Å². The minimum Gasteiger partial charge on any atom is -0.465 e. The molecule has 6 nitrogen and oxygen atoms in total. The number of hydrogen-bond acceptors (Lipinski definition) is 4. The molecule has 0 fully saturated rings. The normalized spacial score (nSPS) is 25.5. The Hall–Kier alpha value is -1.82. The summed E-state index contributed by atoms with van der Waals surface area (Å²) >= 11 is 0. The fourth-order valence-corrected chi connectivity index (χ4v) is 1.51. The van der Waals surface area contributed by atoms with Gasteiger partial charge >= 0.3 is 6.09 Å². The monoisotopic (exact) mass is 210 g/mol. The van der Waals surface area contributed by atoms with Crippen LogP contribution < -0.4 is 0 Å². The number of oxazole rings is 1. The summed E-state index contributed by atoms with van der Waals surface area (Å²) in [4.78, 5) is 15.6. The SMILES string of the molecule is O=C(O)N1CC=CC(O)(c2ncco2)C1. The van der Waals surface area contributed by atoms with Gasteiger partial charge in [0.15, 0.2) is 5.60 Å². The number of nitrogens with zero attached hydrogens (tertiary/aromatic N) is 2. The van der Waals surface area contributed by atoms with E-state index in [1.54, 1.807) is 6.08 Å². The first-order valence-electron chi connectivity index (χ1n) is 4.40. The lowest BCUT2D eigenvalue weighted by Gasteiger charge is -2.31. The van der Waals surface area contributed by atoms with Crippen LogP contribution in [0.2, 0.25) is 0 Å². The van der Waals surface area contributed by atoms with Gasteiger partial charge < -0.3 is 19.5 Å². The summed E-state index contributed by atoms with van der Waals surface area (Å²) in [6, 6.07) is 0. The Balaban J connectivity index is 2.26. The molecular weight excluding hydrogens is 200 g/mol. The van der Waals surface area contributed by atoms with Gasteiger partial charge in [0.1, 0.15) is 6.26 Å². The quantitative estimate of drug-likeness (QED) is 0.655. The third kappa shape index (κ3) is 1.71. The van der Waals surface area contributed by atoms with Crippen LogP contribution in [0.25, 0.3) is 0 Å². The van der Waals surface area contributed by atoms with E-state index in [9.17, 15) is 9.90 Å². The van der Waals surface area contributed by atoms with Gasteiger partial charge in [-0.05, 0) is 6.08 Å². The zero-order valence-corrected chi connectivity index (χ0v) is 7.83. The van der Waals surface area contributed by atoms with E-state index in [1.165, 1.54) is 18.5 Å². The molecule has 0 bridgehead atoms. The maximum Gasteiger partial charge on any atom is 0.407 e. The molecule has 0 aromatic carbocycles. The molecule has 1 aliphatic rings. The average molecular weight is 210 g/mol. The zero-order chi connectivity index (χ0) is 10.9. The van der Waals surface area contributed by atoms with Crippen molar-refractivity contribution in [3.63, 3.8) is 0 Å². The Morgan fingerprint density at radius 3 is 3.07 bits per heavy atom. The molecule has 1 atom stereocenters. The number of hydrogen-bond donors (Lipinski definition) is 2. The summed E-state index contributed by atoms with van der Waals surface area (Å²) in [5.74, 6) is 0.102. The van der Waals surface area contributed by atoms with Gasteiger partial charge in [0.25, 0.3) is 0 Å². The van der Waals surface area contributed by atoms with Crippen molar-refractivity contribution in [3.05, 3.63) is 30.5 Å². The first-order chi connectivity index (χ1) is 7.12. The van der Waals surface area contributed by atoms with Crippen molar-refractivity contribution < 1.29 is 19.4 Å². The predicted octanol–water partition coefficient (Wildman–Crippen LogP) is 0.412. The van der Waals surface area contributed by atoms with Crippen LogP contribution in [-0.2, 0) is 5.60 Å². The van der Waals surface area contributed by atoms with Crippen molar-refractivity contribution in [3.8, 4) is 0 Å². The van der Waals surface area contributed by atoms with Gasteiger partial charge in [-0.15, -0.1) is 0 Å². The maximum absolute atomic E-state index is 10.7. The Morgan fingerprint density at radius 2 is 2.47 bits per heavy atom. The van der Waals surface area contributed by atoms with E-state index in [-0.39, 0.29) is 19.0 Å². The highest BCUT2D eigenvalue weighted by molar-refractivity contribution is 5.65. The Labute approximate surface area is 85.4 Å². The number of carbonyl (C=O) groups is 1. The van der Waals surface area contributed by atoms with Crippen LogP contribution in [0.5, 0.6) is 0 Å². The number of aliphatic hydroxyl groups is 1. The molecule has 1 aliphatic heterocycles. The van der Waals surface area contributed by atoms with E-state index in [0.717, 1.165) is 4.90 Å². The molecule has 0 saturated heterocycles. The van der Waals surface area contributed by atoms with Gasteiger partial charge in [-0.1, -0.05) is 6.08 Å². The number of amides is 1. The van der Waals surface area contributed by atoms with Crippen LogP contribution in [0.4, 0.5) is 4.79 Å². The van der Waals surface area contributed by atoms with Gasteiger partial charge in [-0.2, -0.15) is 0 Å². The summed E-state index contributed by atoms with van der Waals surface area (Å²) in [6.07, 6.45) is 4.73. The fourth-order valence-electron chi connectivity index (χ4n) is 1.51. The standard InChI is InChI=1S/C9H10N2O4/c12-8(13)11-4-1-2-9(14,6-11)7-10-3-5-15-7/h1-3,5,14H,4,6H2,(H,12,13). The Bertz CT molecular complexity index is 387. The molecule has 80 valence electrons. The van der Waals surface area contributed by atoms with Crippen molar-refractivity contribution in [1.82, 2.24) is 9.88 Å². The van der Waals surface area contributed by atoms with E-state index < -0.39 is 11.7 Å². The lowest BCUT2D eigenvalue weighted by molar-refractivity contribution is 0.0173. The molecule has 0 radical (unpaired) electrons. The largest absolute Gasteiger partial charge is 0.465 e. The number of β-amino-alcohol motifs (C(OH)–C–C–N with tert-alkyl or cyclic N) is 1. The van der Waals surface area contributed by atoms with Crippen LogP contribution in [-0.4, -0.2) is 39.3 Å². The summed E-state index contributed by atoms with van der Waals surface area (Å²) < 4.78 is 4.97. The molecule has 0 saturated carbocycles. The lowest BCUT2D eigenvalue weighted by atomic mass is 10.00. The summed E-state index contributed by atoms with van der Waals surface area (Å²) in [7, 11) is 0. The summed E-state index contributed by atoms with van der Waals surface area (Å²) in [5, 5.41) is 18.9. The fraction of sp³-hybridized carbons (Fsp3) is 0.333. The molecule has 1 unspecified atom stereocenters. The van der Waals surface area contributed by atoms with Crippen LogP contribution >= 0.6 is 0 Å². The third-order valence-electron chi connectivity index (χ3n) is 2.22. The lowest BCUT2D eigenvalue weighted by Crippen LogP contribution is -2.45. The molecule has 0 spiro atoms. The molecule has 2 heterocycles. The zero-order valence-electron chi connectivity index (χ0n) is 7.83. The molecule has 6 heteroatoms. The van der Waals surface area contributed by atoms with Crippen LogP contribution in [0.1, 0.15) is 5.89 Å². The van der Waals surface area contributed by atoms with Crippen molar-refractivity contribution in [2.24, 2.45) is 0 Å². The van der Waals surface area contributed by atoms with E-state index in [1.807, 2.05) is 0 Å². The van der Waals surface area contributed by atoms with Crippen LogP contribution in [0.15, 0.2) is 29.0 Å². The molecule has 15 heavy (non-hydrogen) atoms. The number of aromatic nitrogens is 1. The molecule has 1 aromatic rings. The second-order valence-corrected chi connectivity index (χ2v) is 3.33. The van der Waals surface area contributed by atoms with Gasteiger partial charge in [0.2, 0.25) is 5.89 Å². The molecular formula is C9H10N2O4. The first kappa shape index (κ1) is 9.72. The minimum absolute atomic E-state index is 0.0701. The summed E-state index contributed by atoms with van der Waals surface area (Å²) in [6.45, 7) is 0.192. The highest BCUT2D eigenvalue weighted by atomic mass is 16.4. The smallest absolute Gasteiger partial charge is 0.407 e. The van der Waals surface area contributed by atoms with Crippen LogP contribution in [0, 0.1) is 0 Å². The summed E-state index contributed by atoms with van der Waals surface area (Å²) in [5.41, 5.74) is -1.46. The third-order valence-corrected chi connectivity index (χ3v) is 2.22. The Kier molecular flexibility index (Phi) is 2.20. The van der Waals surface area contributed by atoms with Gasteiger partial charge in [-0.25, -0.2) is 9.78 Å². The molecule has 2 rings (SSSR count). The topological polar surface area (TPSA) is 86.8 Å². The van der Waals surface area contributed by atoms with Crippen molar-refractivity contribution in [2.75, 3.05) is 13.1 Å². The van der Waals surface area contributed by atoms with E-state index in [0.29, 0.717) is 0 Å². The van der Waals surface area contributed by atoms with Crippen molar-refractivity contribution >= 4 is 6.09 Å². The second kappa shape index (κ2) is 3.39. The van der Waals surface area contributed by atoms with Gasteiger partial charge in [0.05, 0.1) is 12.7 Å². The highest BCUT2D eigenvalue weighted by Gasteiger charge is 2.37. The van der Waals surface area contributed by atoms with Crippen molar-refractivity contribution in [2.45, 2.75) is 5.60 Å². The predicted molar refractivity (Wildman–Crippen MR) is 49.1 cm³/mol.